The first-order valence-corrected chi connectivity index (χ1v) is 9.81. The van der Waals surface area contributed by atoms with E-state index >= 15 is 0 Å². The van der Waals surface area contributed by atoms with Crippen LogP contribution in [0.1, 0.15) is 17.7 Å². The van der Waals surface area contributed by atoms with Crippen LogP contribution in [0.2, 0.25) is 10.0 Å². The van der Waals surface area contributed by atoms with Crippen molar-refractivity contribution in [2.24, 2.45) is 7.05 Å². The number of aliphatic hydroxyl groups is 1. The summed E-state index contributed by atoms with van der Waals surface area (Å²) in [5.74, 6) is 0.560. The Kier molecular flexibility index (Phi) is 5.02. The van der Waals surface area contributed by atoms with Crippen molar-refractivity contribution in [3.8, 4) is 0 Å². The molecule has 0 saturated carbocycles. The van der Waals surface area contributed by atoms with Crippen molar-refractivity contribution in [2.75, 3.05) is 6.61 Å². The zero-order chi connectivity index (χ0) is 20.9. The monoisotopic (exact) mass is 435 g/mol. The molecule has 10 heteroatoms. The SMILES string of the molecule is Cc1cn2c3c(=O)n(Cc4ccc(Cl)c(Cl)c4)c(=O)n(C)c3nc2n1CCCO. The van der Waals surface area contributed by atoms with Crippen molar-refractivity contribution in [3.05, 3.63) is 66.5 Å². The molecule has 0 aliphatic rings. The van der Waals surface area contributed by atoms with E-state index in [1.165, 1.54) is 4.57 Å². The maximum atomic E-state index is 13.2. The lowest BCUT2D eigenvalue weighted by atomic mass is 10.2. The zero-order valence-corrected chi connectivity index (χ0v) is 17.4. The molecule has 1 N–H and O–H groups in total. The standard InChI is InChI=1S/C19H19Cl2N5O3/c1-11-9-25-15-16(22-18(25)24(11)6-3-7-27)23(2)19(29)26(17(15)28)10-12-4-5-13(20)14(21)8-12/h4-5,8-9,27H,3,6-7,10H2,1-2H3. The lowest BCUT2D eigenvalue weighted by Gasteiger charge is -2.09. The fourth-order valence-electron chi connectivity index (χ4n) is 3.52. The Balaban J connectivity index is 1.94. The molecular formula is C19H19Cl2N5O3. The molecule has 8 nitrogen and oxygen atoms in total. The minimum Gasteiger partial charge on any atom is -0.396 e. The first-order valence-electron chi connectivity index (χ1n) is 9.06. The first kappa shape index (κ1) is 19.8. The van der Waals surface area contributed by atoms with Gasteiger partial charge in [0.15, 0.2) is 11.2 Å². The Hall–Kier alpha value is -2.55. The molecule has 0 saturated heterocycles. The maximum absolute atomic E-state index is 13.2. The van der Waals surface area contributed by atoms with Gasteiger partial charge in [0, 0.05) is 32.1 Å². The number of hydrogen-bond acceptors (Lipinski definition) is 4. The summed E-state index contributed by atoms with van der Waals surface area (Å²) in [7, 11) is 1.59. The molecule has 4 aromatic rings. The average molecular weight is 436 g/mol. The van der Waals surface area contributed by atoms with Crippen LogP contribution in [-0.4, -0.2) is 34.8 Å². The van der Waals surface area contributed by atoms with Gasteiger partial charge in [0.2, 0.25) is 5.78 Å². The molecule has 3 aromatic heterocycles. The number of aryl methyl sites for hydroxylation is 3. The van der Waals surface area contributed by atoms with Gasteiger partial charge in [-0.1, -0.05) is 29.3 Å². The molecule has 1 aromatic carbocycles. The van der Waals surface area contributed by atoms with Gasteiger partial charge < -0.3 is 9.67 Å². The smallest absolute Gasteiger partial charge is 0.332 e. The largest absolute Gasteiger partial charge is 0.396 e. The van der Waals surface area contributed by atoms with Gasteiger partial charge in [-0.3, -0.25) is 18.3 Å². The topological polar surface area (TPSA) is 86.5 Å². The molecule has 0 spiro atoms. The third-order valence-electron chi connectivity index (χ3n) is 5.00. The summed E-state index contributed by atoms with van der Waals surface area (Å²) >= 11 is 12.0. The fraction of sp³-hybridized carbons (Fsp3) is 0.316. The highest BCUT2D eigenvalue weighted by atomic mass is 35.5. The van der Waals surface area contributed by atoms with Gasteiger partial charge in [0.25, 0.3) is 5.56 Å². The molecular weight excluding hydrogens is 417 g/mol. The van der Waals surface area contributed by atoms with Crippen LogP contribution in [-0.2, 0) is 20.1 Å². The van der Waals surface area contributed by atoms with E-state index in [1.807, 2.05) is 17.7 Å². The van der Waals surface area contributed by atoms with Gasteiger partial charge in [-0.2, -0.15) is 4.98 Å². The van der Waals surface area contributed by atoms with Crippen LogP contribution < -0.4 is 11.2 Å². The zero-order valence-electron chi connectivity index (χ0n) is 15.9. The summed E-state index contributed by atoms with van der Waals surface area (Å²) in [5.41, 5.74) is 1.35. The average Bonchev–Trinajstić information content (AvgIpc) is 3.19. The third kappa shape index (κ3) is 3.17. The second kappa shape index (κ2) is 7.37. The molecule has 0 bridgehead atoms. The molecule has 0 atom stereocenters. The lowest BCUT2D eigenvalue weighted by Crippen LogP contribution is -2.39. The van der Waals surface area contributed by atoms with Crippen LogP contribution in [0.5, 0.6) is 0 Å². The summed E-state index contributed by atoms with van der Waals surface area (Å²) in [4.78, 5) is 30.6. The second-order valence-corrected chi connectivity index (χ2v) is 7.75. The number of fused-ring (bicyclic) bond motifs is 3. The van der Waals surface area contributed by atoms with Crippen molar-refractivity contribution >= 4 is 40.1 Å². The highest BCUT2D eigenvalue weighted by molar-refractivity contribution is 6.42. The minimum atomic E-state index is -0.465. The number of rotatable bonds is 5. The maximum Gasteiger partial charge on any atom is 0.332 e. The van der Waals surface area contributed by atoms with E-state index in [9.17, 15) is 9.59 Å². The normalized spacial score (nSPS) is 11.8. The molecule has 0 fully saturated rings. The number of hydrogen-bond donors (Lipinski definition) is 1. The van der Waals surface area contributed by atoms with Crippen LogP contribution >= 0.6 is 23.2 Å². The predicted octanol–water partition coefficient (Wildman–Crippen LogP) is 2.20. The van der Waals surface area contributed by atoms with E-state index in [2.05, 4.69) is 4.98 Å². The van der Waals surface area contributed by atoms with E-state index in [1.54, 1.807) is 29.6 Å². The number of nitrogens with zero attached hydrogens (tertiary/aromatic N) is 5. The first-order chi connectivity index (χ1) is 13.8. The molecule has 4 rings (SSSR count). The van der Waals surface area contributed by atoms with Gasteiger partial charge in [-0.25, -0.2) is 4.79 Å². The van der Waals surface area contributed by atoms with E-state index in [-0.39, 0.29) is 13.2 Å². The predicted molar refractivity (Wildman–Crippen MR) is 112 cm³/mol. The van der Waals surface area contributed by atoms with Crippen LogP contribution in [0.4, 0.5) is 0 Å². The molecule has 0 aliphatic heterocycles. The third-order valence-corrected chi connectivity index (χ3v) is 5.74. The summed E-state index contributed by atoms with van der Waals surface area (Å²) in [5, 5.41) is 9.91. The molecule has 29 heavy (non-hydrogen) atoms. The molecule has 0 radical (unpaired) electrons. The van der Waals surface area contributed by atoms with E-state index in [0.717, 1.165) is 10.3 Å². The molecule has 152 valence electrons. The van der Waals surface area contributed by atoms with Crippen molar-refractivity contribution in [1.82, 2.24) is 23.1 Å². The molecule has 0 aliphatic carbocycles. The Bertz CT molecular complexity index is 1360. The molecule has 3 heterocycles. The van der Waals surface area contributed by atoms with Gasteiger partial charge in [0.05, 0.1) is 16.6 Å². The van der Waals surface area contributed by atoms with Crippen LogP contribution in [0.15, 0.2) is 34.0 Å². The Labute approximate surface area is 175 Å². The summed E-state index contributed by atoms with van der Waals surface area (Å²) in [6.45, 7) is 2.59. The summed E-state index contributed by atoms with van der Waals surface area (Å²) < 4.78 is 6.15. The Morgan fingerprint density at radius 2 is 1.90 bits per heavy atom. The van der Waals surface area contributed by atoms with Crippen LogP contribution in [0.25, 0.3) is 16.9 Å². The number of aliphatic hydroxyl groups excluding tert-OH is 1. The fourth-order valence-corrected chi connectivity index (χ4v) is 3.84. The number of imidazole rings is 2. The number of benzene rings is 1. The number of aromatic nitrogens is 5. The number of halogens is 2. The van der Waals surface area contributed by atoms with Gasteiger partial charge in [-0.15, -0.1) is 0 Å². The van der Waals surface area contributed by atoms with E-state index in [4.69, 9.17) is 28.3 Å². The van der Waals surface area contributed by atoms with Crippen LogP contribution in [0.3, 0.4) is 0 Å². The highest BCUT2D eigenvalue weighted by Gasteiger charge is 2.20. The summed E-state index contributed by atoms with van der Waals surface area (Å²) in [6.07, 6.45) is 2.38. The van der Waals surface area contributed by atoms with Gasteiger partial charge in [0.1, 0.15) is 0 Å². The highest BCUT2D eigenvalue weighted by Crippen LogP contribution is 2.23. The minimum absolute atomic E-state index is 0.0545. The second-order valence-electron chi connectivity index (χ2n) is 6.93. The molecule has 0 amide bonds. The molecule has 0 unspecified atom stereocenters. The quantitative estimate of drug-likeness (QED) is 0.520. The van der Waals surface area contributed by atoms with E-state index in [0.29, 0.717) is 45.5 Å². The summed E-state index contributed by atoms with van der Waals surface area (Å²) in [6, 6.07) is 5.00. The van der Waals surface area contributed by atoms with Crippen molar-refractivity contribution in [3.63, 3.8) is 0 Å². The van der Waals surface area contributed by atoms with Gasteiger partial charge in [-0.05, 0) is 31.0 Å². The van der Waals surface area contributed by atoms with Crippen molar-refractivity contribution in [2.45, 2.75) is 26.4 Å². The van der Waals surface area contributed by atoms with Gasteiger partial charge >= 0.3 is 5.69 Å². The van der Waals surface area contributed by atoms with Crippen LogP contribution in [0, 0.1) is 6.92 Å². The Morgan fingerprint density at radius 3 is 2.59 bits per heavy atom. The van der Waals surface area contributed by atoms with Crippen molar-refractivity contribution < 1.29 is 5.11 Å². The van der Waals surface area contributed by atoms with Crippen molar-refractivity contribution in [1.29, 1.82) is 0 Å². The lowest BCUT2D eigenvalue weighted by molar-refractivity contribution is 0.280. The van der Waals surface area contributed by atoms with E-state index < -0.39 is 11.2 Å². The Morgan fingerprint density at radius 1 is 1.14 bits per heavy atom.